The first-order valence-corrected chi connectivity index (χ1v) is 10.4. The smallest absolute Gasteiger partial charge is 0.387 e. The highest BCUT2D eigenvalue weighted by molar-refractivity contribution is 7.79. The van der Waals surface area contributed by atoms with E-state index in [0.717, 1.165) is 11.1 Å². The van der Waals surface area contributed by atoms with Crippen molar-refractivity contribution < 1.29 is 27.7 Å². The summed E-state index contributed by atoms with van der Waals surface area (Å²) < 4.78 is 31.6. The van der Waals surface area contributed by atoms with Crippen molar-refractivity contribution in [2.24, 2.45) is 0 Å². The molecule has 0 aromatic heterocycles. The van der Waals surface area contributed by atoms with Crippen LogP contribution in [-0.4, -0.2) is 53.9 Å². The summed E-state index contributed by atoms with van der Waals surface area (Å²) in [6.07, 6.45) is -0.840. The zero-order chi connectivity index (χ0) is 22.4. The lowest BCUT2D eigenvalue weighted by molar-refractivity contribution is 0.140. The molecular formula is C20H32N2O6S. The maximum Gasteiger partial charge on any atom is 0.394 e. The Morgan fingerprint density at radius 2 is 0.931 bits per heavy atom. The van der Waals surface area contributed by atoms with E-state index in [9.17, 15) is 10.2 Å². The molecule has 2 aromatic rings. The van der Waals surface area contributed by atoms with Crippen LogP contribution >= 0.6 is 0 Å². The van der Waals surface area contributed by atoms with Crippen molar-refractivity contribution in [2.75, 3.05) is 14.1 Å². The van der Waals surface area contributed by atoms with Gasteiger partial charge in [0, 0.05) is 12.1 Å². The van der Waals surface area contributed by atoms with Gasteiger partial charge in [0.05, 0.1) is 12.2 Å². The number of likely N-dealkylation sites (N-methyl/N-ethyl adjacent to an activating group) is 2. The molecule has 0 aliphatic carbocycles. The molecule has 0 fully saturated rings. The van der Waals surface area contributed by atoms with Gasteiger partial charge in [0.25, 0.3) is 0 Å². The van der Waals surface area contributed by atoms with Gasteiger partial charge in [-0.1, -0.05) is 60.7 Å². The summed E-state index contributed by atoms with van der Waals surface area (Å²) in [4.78, 5) is 0. The minimum atomic E-state index is -4.67. The zero-order valence-corrected chi connectivity index (χ0v) is 17.9. The quantitative estimate of drug-likeness (QED) is 0.384. The number of hydrogen-bond donors (Lipinski definition) is 6. The van der Waals surface area contributed by atoms with Crippen molar-refractivity contribution in [2.45, 2.75) is 38.1 Å². The number of benzene rings is 2. The Bertz CT molecular complexity index is 700. The molecular weight excluding hydrogens is 396 g/mol. The van der Waals surface area contributed by atoms with E-state index in [0.29, 0.717) is 0 Å². The molecule has 0 spiro atoms. The molecule has 0 unspecified atom stereocenters. The standard InChI is InChI=1S/2C10H15NO.H2O4S/c2*1-8(11-2)10(12)9-6-4-3-5-7-9;1-5(2,3)4/h2*3-8,10-12H,1-2H3;(H2,1,2,3,4)/t2*8-,10+;/m00./s1. The van der Waals surface area contributed by atoms with Gasteiger partial charge in [0.1, 0.15) is 0 Å². The Morgan fingerprint density at radius 3 is 1.14 bits per heavy atom. The van der Waals surface area contributed by atoms with Crippen LogP contribution in [0.25, 0.3) is 0 Å². The Kier molecular flexibility index (Phi) is 13.3. The van der Waals surface area contributed by atoms with Crippen LogP contribution in [0, 0.1) is 0 Å². The minimum absolute atomic E-state index is 0.0902. The van der Waals surface area contributed by atoms with Gasteiger partial charge in [-0.25, -0.2) is 0 Å². The lowest BCUT2D eigenvalue weighted by atomic mass is 10.0. The number of aliphatic hydroxyl groups is 2. The van der Waals surface area contributed by atoms with Gasteiger partial charge in [0.2, 0.25) is 0 Å². The van der Waals surface area contributed by atoms with E-state index in [1.54, 1.807) is 0 Å². The van der Waals surface area contributed by atoms with Gasteiger partial charge in [0.15, 0.2) is 0 Å². The van der Waals surface area contributed by atoms with E-state index in [2.05, 4.69) is 10.6 Å². The molecule has 29 heavy (non-hydrogen) atoms. The molecule has 0 saturated heterocycles. The lowest BCUT2D eigenvalue weighted by Crippen LogP contribution is -2.28. The SMILES string of the molecule is CN[C@@H](C)[C@@H](O)c1ccccc1.CN[C@@H](C)[C@@H](O)c1ccccc1.O=S(=O)(O)O. The molecule has 0 amide bonds. The average molecular weight is 429 g/mol. The largest absolute Gasteiger partial charge is 0.394 e. The first-order chi connectivity index (χ1) is 13.5. The summed E-state index contributed by atoms with van der Waals surface area (Å²) in [6, 6.07) is 19.5. The highest BCUT2D eigenvalue weighted by atomic mass is 32.3. The van der Waals surface area contributed by atoms with Crippen LogP contribution in [-0.2, 0) is 10.4 Å². The second-order valence-corrected chi connectivity index (χ2v) is 7.21. The molecule has 0 bridgehead atoms. The van der Waals surface area contributed by atoms with Crippen molar-refractivity contribution in [3.63, 3.8) is 0 Å². The Morgan fingerprint density at radius 1 is 0.690 bits per heavy atom. The molecule has 6 N–H and O–H groups in total. The number of aliphatic hydroxyl groups excluding tert-OH is 2. The van der Waals surface area contributed by atoms with Crippen molar-refractivity contribution >= 4 is 10.4 Å². The fourth-order valence-corrected chi connectivity index (χ4v) is 2.19. The summed E-state index contributed by atoms with van der Waals surface area (Å²) in [6.45, 7) is 3.91. The molecule has 4 atom stereocenters. The predicted molar refractivity (Wildman–Crippen MR) is 114 cm³/mol. The van der Waals surface area contributed by atoms with Crippen LogP contribution in [0.3, 0.4) is 0 Å². The fraction of sp³-hybridized carbons (Fsp3) is 0.400. The van der Waals surface area contributed by atoms with E-state index in [1.165, 1.54) is 0 Å². The summed E-state index contributed by atoms with van der Waals surface area (Å²) in [5.41, 5.74) is 1.92. The Balaban J connectivity index is 0.000000442. The van der Waals surface area contributed by atoms with Gasteiger partial charge in [-0.3, -0.25) is 9.11 Å². The summed E-state index contributed by atoms with van der Waals surface area (Å²) in [5.74, 6) is 0. The van der Waals surface area contributed by atoms with E-state index in [-0.39, 0.29) is 12.1 Å². The van der Waals surface area contributed by atoms with Gasteiger partial charge < -0.3 is 20.8 Å². The average Bonchev–Trinajstić information content (AvgIpc) is 2.72. The van der Waals surface area contributed by atoms with Gasteiger partial charge >= 0.3 is 10.4 Å². The number of hydrogen-bond acceptors (Lipinski definition) is 6. The summed E-state index contributed by atoms with van der Waals surface area (Å²) >= 11 is 0. The molecule has 0 aliphatic rings. The van der Waals surface area contributed by atoms with Gasteiger partial charge in [-0.15, -0.1) is 0 Å². The van der Waals surface area contributed by atoms with E-state index >= 15 is 0 Å². The first kappa shape index (κ1) is 27.1. The van der Waals surface area contributed by atoms with Crippen LogP contribution in [0.2, 0.25) is 0 Å². The predicted octanol–water partition coefficient (Wildman–Crippen LogP) is 2.00. The van der Waals surface area contributed by atoms with E-state index < -0.39 is 22.6 Å². The van der Waals surface area contributed by atoms with E-state index in [1.807, 2.05) is 88.6 Å². The molecule has 0 saturated carbocycles. The fourth-order valence-electron chi connectivity index (χ4n) is 2.19. The Hall–Kier alpha value is -1.85. The third-order valence-electron chi connectivity index (χ3n) is 4.14. The van der Waals surface area contributed by atoms with Gasteiger partial charge in [-0.2, -0.15) is 8.42 Å². The monoisotopic (exact) mass is 428 g/mol. The lowest BCUT2D eigenvalue weighted by Gasteiger charge is -2.17. The number of nitrogens with one attached hydrogen (secondary N) is 2. The molecule has 9 heteroatoms. The highest BCUT2D eigenvalue weighted by Crippen LogP contribution is 2.16. The van der Waals surface area contributed by atoms with E-state index in [4.69, 9.17) is 17.5 Å². The normalized spacial score (nSPS) is 14.9. The Labute approximate surface area is 173 Å². The summed E-state index contributed by atoms with van der Waals surface area (Å²) in [7, 11) is -0.979. The highest BCUT2D eigenvalue weighted by Gasteiger charge is 2.13. The molecule has 0 radical (unpaired) electrons. The maximum absolute atomic E-state index is 9.73. The van der Waals surface area contributed by atoms with Gasteiger partial charge in [-0.05, 0) is 39.1 Å². The first-order valence-electron chi connectivity index (χ1n) is 9.01. The summed E-state index contributed by atoms with van der Waals surface area (Å²) in [5, 5.41) is 25.5. The second-order valence-electron chi connectivity index (χ2n) is 6.31. The van der Waals surface area contributed by atoms with Crippen LogP contribution in [0.15, 0.2) is 60.7 Å². The minimum Gasteiger partial charge on any atom is -0.387 e. The second kappa shape index (κ2) is 14.2. The van der Waals surface area contributed by atoms with Crippen molar-refractivity contribution in [1.29, 1.82) is 0 Å². The number of rotatable bonds is 6. The van der Waals surface area contributed by atoms with Crippen molar-refractivity contribution in [3.8, 4) is 0 Å². The molecule has 164 valence electrons. The maximum atomic E-state index is 9.73. The molecule has 2 aromatic carbocycles. The van der Waals surface area contributed by atoms with Crippen LogP contribution in [0.4, 0.5) is 0 Å². The van der Waals surface area contributed by atoms with Crippen LogP contribution < -0.4 is 10.6 Å². The molecule has 2 rings (SSSR count). The molecule has 8 nitrogen and oxygen atoms in total. The van der Waals surface area contributed by atoms with Crippen molar-refractivity contribution in [1.82, 2.24) is 10.6 Å². The van der Waals surface area contributed by atoms with Crippen LogP contribution in [0.1, 0.15) is 37.2 Å². The topological polar surface area (TPSA) is 139 Å². The molecule has 0 aliphatic heterocycles. The zero-order valence-electron chi connectivity index (χ0n) is 17.1. The third kappa shape index (κ3) is 13.1. The van der Waals surface area contributed by atoms with Crippen molar-refractivity contribution in [3.05, 3.63) is 71.8 Å². The third-order valence-corrected chi connectivity index (χ3v) is 4.14. The molecule has 0 heterocycles. The van der Waals surface area contributed by atoms with Crippen LogP contribution in [0.5, 0.6) is 0 Å².